The van der Waals surface area contributed by atoms with E-state index in [1.54, 1.807) is 0 Å². The Bertz CT molecular complexity index is 581. The van der Waals surface area contributed by atoms with Crippen molar-refractivity contribution in [2.24, 2.45) is 0 Å². The number of alkyl halides is 1. The molecule has 0 aromatic heterocycles. The highest BCUT2D eigenvalue weighted by molar-refractivity contribution is 6.18. The van der Waals surface area contributed by atoms with E-state index in [1.807, 2.05) is 30.3 Å². The lowest BCUT2D eigenvalue weighted by atomic mass is 10.1. The van der Waals surface area contributed by atoms with Gasteiger partial charge in [0.15, 0.2) is 0 Å². The monoisotopic (exact) mass is 291 g/mol. The van der Waals surface area contributed by atoms with Gasteiger partial charge in [-0.2, -0.15) is 0 Å². The Morgan fingerprint density at radius 1 is 1.05 bits per heavy atom. The molecule has 0 bridgehead atoms. The average molecular weight is 292 g/mol. The molecular formula is C15H14ClNO3. The second kappa shape index (κ2) is 6.30. The van der Waals surface area contributed by atoms with Gasteiger partial charge in [-0.3, -0.25) is 4.79 Å². The lowest BCUT2D eigenvalue weighted by Gasteiger charge is -2.17. The van der Waals surface area contributed by atoms with Crippen molar-refractivity contribution in [3.8, 4) is 11.5 Å². The Hall–Kier alpha value is -2.20. The summed E-state index contributed by atoms with van der Waals surface area (Å²) in [6.45, 7) is 0. The smallest absolute Gasteiger partial charge is 0.259 e. The van der Waals surface area contributed by atoms with Crippen LogP contribution in [0.3, 0.4) is 0 Å². The van der Waals surface area contributed by atoms with E-state index in [0.29, 0.717) is 0 Å². The molecule has 0 aliphatic heterocycles. The van der Waals surface area contributed by atoms with E-state index in [-0.39, 0.29) is 22.9 Å². The molecule has 0 spiro atoms. The van der Waals surface area contributed by atoms with Crippen LogP contribution in [0.5, 0.6) is 11.5 Å². The molecule has 5 heteroatoms. The predicted octanol–water partition coefficient (Wildman–Crippen LogP) is 2.81. The van der Waals surface area contributed by atoms with Gasteiger partial charge >= 0.3 is 0 Å². The SMILES string of the molecule is O=C(NC(CCl)c1ccccc1)c1c(O)cccc1O. The number of aromatic hydroxyl groups is 2. The summed E-state index contributed by atoms with van der Waals surface area (Å²) in [5.74, 6) is -0.938. The summed E-state index contributed by atoms with van der Waals surface area (Å²) in [5, 5.41) is 22.0. The Labute approximate surface area is 121 Å². The molecule has 0 saturated carbocycles. The van der Waals surface area contributed by atoms with Crippen molar-refractivity contribution in [3.05, 3.63) is 59.7 Å². The minimum atomic E-state index is -0.574. The minimum Gasteiger partial charge on any atom is -0.507 e. The van der Waals surface area contributed by atoms with Crippen LogP contribution < -0.4 is 5.32 Å². The number of amides is 1. The van der Waals surface area contributed by atoms with Crippen molar-refractivity contribution in [2.45, 2.75) is 6.04 Å². The molecule has 2 rings (SSSR count). The van der Waals surface area contributed by atoms with Crippen molar-refractivity contribution in [1.29, 1.82) is 0 Å². The van der Waals surface area contributed by atoms with E-state index in [2.05, 4.69) is 5.32 Å². The number of nitrogens with one attached hydrogen (secondary N) is 1. The Balaban J connectivity index is 2.22. The molecule has 1 amide bonds. The molecule has 0 radical (unpaired) electrons. The van der Waals surface area contributed by atoms with Crippen molar-refractivity contribution in [2.75, 3.05) is 5.88 Å². The van der Waals surface area contributed by atoms with Crippen LogP contribution in [0.15, 0.2) is 48.5 Å². The maximum absolute atomic E-state index is 12.1. The third-order valence-corrected chi connectivity index (χ3v) is 3.22. The van der Waals surface area contributed by atoms with Gasteiger partial charge in [-0.1, -0.05) is 36.4 Å². The predicted molar refractivity (Wildman–Crippen MR) is 77.1 cm³/mol. The van der Waals surface area contributed by atoms with E-state index in [0.717, 1.165) is 5.56 Å². The topological polar surface area (TPSA) is 69.6 Å². The molecule has 1 unspecified atom stereocenters. The Morgan fingerprint density at radius 3 is 2.20 bits per heavy atom. The maximum atomic E-state index is 12.1. The van der Waals surface area contributed by atoms with Crippen molar-refractivity contribution in [3.63, 3.8) is 0 Å². The fraction of sp³-hybridized carbons (Fsp3) is 0.133. The van der Waals surface area contributed by atoms with Gasteiger partial charge in [-0.15, -0.1) is 11.6 Å². The first-order valence-electron chi connectivity index (χ1n) is 6.06. The van der Waals surface area contributed by atoms with E-state index in [9.17, 15) is 15.0 Å². The summed E-state index contributed by atoms with van der Waals surface area (Å²) < 4.78 is 0. The van der Waals surface area contributed by atoms with Crippen LogP contribution in [-0.4, -0.2) is 22.0 Å². The number of benzene rings is 2. The van der Waals surface area contributed by atoms with Gasteiger partial charge in [-0.05, 0) is 17.7 Å². The van der Waals surface area contributed by atoms with E-state index in [4.69, 9.17) is 11.6 Å². The lowest BCUT2D eigenvalue weighted by molar-refractivity contribution is 0.0935. The summed E-state index contributed by atoms with van der Waals surface area (Å²) >= 11 is 5.87. The summed E-state index contributed by atoms with van der Waals surface area (Å²) in [5.41, 5.74) is 0.698. The summed E-state index contributed by atoms with van der Waals surface area (Å²) in [4.78, 5) is 12.1. The number of rotatable bonds is 4. The number of carbonyl (C=O) groups is 1. The summed E-state index contributed by atoms with van der Waals surface area (Å²) in [6, 6.07) is 13.0. The highest BCUT2D eigenvalue weighted by atomic mass is 35.5. The molecule has 0 aliphatic carbocycles. The molecule has 0 fully saturated rings. The average Bonchev–Trinajstić information content (AvgIpc) is 2.45. The second-order valence-electron chi connectivity index (χ2n) is 4.26. The van der Waals surface area contributed by atoms with Crippen LogP contribution in [0.2, 0.25) is 0 Å². The van der Waals surface area contributed by atoms with E-state index < -0.39 is 11.9 Å². The van der Waals surface area contributed by atoms with Crippen LogP contribution in [0, 0.1) is 0 Å². The van der Waals surface area contributed by atoms with Gasteiger partial charge in [0.05, 0.1) is 6.04 Å². The lowest BCUT2D eigenvalue weighted by Crippen LogP contribution is -2.29. The molecule has 2 aromatic rings. The number of carbonyl (C=O) groups excluding carboxylic acids is 1. The molecular weight excluding hydrogens is 278 g/mol. The maximum Gasteiger partial charge on any atom is 0.259 e. The third kappa shape index (κ3) is 3.03. The largest absolute Gasteiger partial charge is 0.507 e. The first-order chi connectivity index (χ1) is 9.63. The molecule has 0 heterocycles. The van der Waals surface area contributed by atoms with Crippen LogP contribution in [0.1, 0.15) is 22.0 Å². The van der Waals surface area contributed by atoms with Crippen molar-refractivity contribution in [1.82, 2.24) is 5.32 Å². The molecule has 0 saturated heterocycles. The zero-order valence-corrected chi connectivity index (χ0v) is 11.3. The zero-order valence-electron chi connectivity index (χ0n) is 10.6. The molecule has 104 valence electrons. The number of hydrogen-bond acceptors (Lipinski definition) is 3. The molecule has 0 aliphatic rings. The third-order valence-electron chi connectivity index (χ3n) is 2.91. The first-order valence-corrected chi connectivity index (χ1v) is 6.59. The molecule has 2 aromatic carbocycles. The summed E-state index contributed by atoms with van der Waals surface area (Å²) in [6.07, 6.45) is 0. The fourth-order valence-electron chi connectivity index (χ4n) is 1.89. The minimum absolute atomic E-state index is 0.154. The van der Waals surface area contributed by atoms with Gasteiger partial charge in [0.25, 0.3) is 5.91 Å². The van der Waals surface area contributed by atoms with Crippen LogP contribution in [-0.2, 0) is 0 Å². The van der Waals surface area contributed by atoms with Gasteiger partial charge in [0.2, 0.25) is 0 Å². The van der Waals surface area contributed by atoms with E-state index >= 15 is 0 Å². The van der Waals surface area contributed by atoms with Gasteiger partial charge in [-0.25, -0.2) is 0 Å². The van der Waals surface area contributed by atoms with Crippen molar-refractivity contribution < 1.29 is 15.0 Å². The van der Waals surface area contributed by atoms with E-state index in [1.165, 1.54) is 18.2 Å². The van der Waals surface area contributed by atoms with Crippen LogP contribution in [0.4, 0.5) is 0 Å². The first kappa shape index (κ1) is 14.2. The molecule has 20 heavy (non-hydrogen) atoms. The van der Waals surface area contributed by atoms with Gasteiger partial charge in [0, 0.05) is 5.88 Å². The molecule has 4 nitrogen and oxygen atoms in total. The number of phenols is 2. The Kier molecular flexibility index (Phi) is 4.48. The fourth-order valence-corrected chi connectivity index (χ4v) is 2.14. The normalized spacial score (nSPS) is 11.8. The molecule has 1 atom stereocenters. The van der Waals surface area contributed by atoms with Gasteiger partial charge in [0.1, 0.15) is 17.1 Å². The molecule has 3 N–H and O–H groups in total. The quantitative estimate of drug-likeness (QED) is 0.759. The van der Waals surface area contributed by atoms with Crippen molar-refractivity contribution >= 4 is 17.5 Å². The second-order valence-corrected chi connectivity index (χ2v) is 4.57. The summed E-state index contributed by atoms with van der Waals surface area (Å²) in [7, 11) is 0. The van der Waals surface area contributed by atoms with Crippen LogP contribution >= 0.6 is 11.6 Å². The highest BCUT2D eigenvalue weighted by Gasteiger charge is 2.20. The number of phenolic OH excluding ortho intramolecular Hbond substituents is 2. The Morgan fingerprint density at radius 2 is 1.65 bits per heavy atom. The number of halogens is 1. The zero-order chi connectivity index (χ0) is 14.5. The van der Waals surface area contributed by atoms with Gasteiger partial charge < -0.3 is 15.5 Å². The standard InChI is InChI=1S/C15H14ClNO3/c16-9-11(10-5-2-1-3-6-10)17-15(20)14-12(18)7-4-8-13(14)19/h1-8,11,18-19H,9H2,(H,17,20). The highest BCUT2D eigenvalue weighted by Crippen LogP contribution is 2.27. The van der Waals surface area contributed by atoms with Crippen LogP contribution in [0.25, 0.3) is 0 Å². The number of hydrogen-bond donors (Lipinski definition) is 3.